The van der Waals surface area contributed by atoms with Crippen molar-refractivity contribution < 1.29 is 0 Å². The fourth-order valence-electron chi connectivity index (χ4n) is 2.15. The molecule has 1 aliphatic rings. The summed E-state index contributed by atoms with van der Waals surface area (Å²) in [4.78, 5) is 0. The molecular formula is C13H20N2. The molecule has 0 aliphatic heterocycles. The first-order chi connectivity index (χ1) is 7.38. The predicted octanol–water partition coefficient (Wildman–Crippen LogP) is 2.46. The lowest BCUT2D eigenvalue weighted by Gasteiger charge is -2.20. The topological polar surface area (TPSA) is 35.8 Å². The second-order valence-corrected chi connectivity index (χ2v) is 4.11. The Morgan fingerprint density at radius 3 is 2.80 bits per heavy atom. The zero-order valence-electron chi connectivity index (χ0n) is 9.55. The van der Waals surface area contributed by atoms with E-state index in [1.807, 2.05) is 6.92 Å². The van der Waals surface area contributed by atoms with E-state index in [4.69, 9.17) is 5.26 Å². The summed E-state index contributed by atoms with van der Waals surface area (Å²) >= 11 is 0. The summed E-state index contributed by atoms with van der Waals surface area (Å²) in [7, 11) is 0. The van der Waals surface area contributed by atoms with Crippen molar-refractivity contribution in [3.8, 4) is 17.9 Å². The van der Waals surface area contributed by atoms with E-state index in [0.717, 1.165) is 25.8 Å². The molecule has 1 rings (SSSR count). The maximum Gasteiger partial charge on any atom is 0.0672 e. The van der Waals surface area contributed by atoms with Crippen LogP contribution in [0.2, 0.25) is 0 Å². The van der Waals surface area contributed by atoms with Gasteiger partial charge in [0.05, 0.1) is 12.0 Å². The van der Waals surface area contributed by atoms with Crippen LogP contribution in [0.5, 0.6) is 0 Å². The van der Waals surface area contributed by atoms with Gasteiger partial charge in [0.2, 0.25) is 0 Å². The highest BCUT2D eigenvalue weighted by Crippen LogP contribution is 2.22. The van der Waals surface area contributed by atoms with Gasteiger partial charge in [-0.15, -0.1) is 11.8 Å². The Labute approximate surface area is 93.1 Å². The molecule has 0 spiro atoms. The summed E-state index contributed by atoms with van der Waals surface area (Å²) in [6, 6.07) is 2.84. The highest BCUT2D eigenvalue weighted by atomic mass is 14.9. The normalized spacial score (nSPS) is 25.9. The van der Waals surface area contributed by atoms with E-state index < -0.39 is 0 Å². The summed E-state index contributed by atoms with van der Waals surface area (Å²) in [6.45, 7) is 2.79. The van der Waals surface area contributed by atoms with Crippen LogP contribution in [-0.2, 0) is 0 Å². The van der Waals surface area contributed by atoms with Crippen LogP contribution >= 0.6 is 0 Å². The van der Waals surface area contributed by atoms with Crippen LogP contribution in [0.4, 0.5) is 0 Å². The Bertz CT molecular complexity index is 266. The fraction of sp³-hybridized carbons (Fsp3) is 0.769. The number of nitrogens with one attached hydrogen (secondary N) is 1. The van der Waals surface area contributed by atoms with Gasteiger partial charge in [-0.2, -0.15) is 5.26 Å². The molecular weight excluding hydrogens is 184 g/mol. The zero-order valence-corrected chi connectivity index (χ0v) is 9.55. The van der Waals surface area contributed by atoms with Crippen molar-refractivity contribution in [2.75, 3.05) is 6.54 Å². The lowest BCUT2D eigenvalue weighted by atomic mass is 9.96. The third-order valence-corrected chi connectivity index (χ3v) is 3.02. The van der Waals surface area contributed by atoms with Crippen molar-refractivity contribution in [2.45, 2.75) is 51.5 Å². The van der Waals surface area contributed by atoms with E-state index in [9.17, 15) is 0 Å². The van der Waals surface area contributed by atoms with Crippen LogP contribution in [0.15, 0.2) is 0 Å². The van der Waals surface area contributed by atoms with Crippen LogP contribution in [0.25, 0.3) is 0 Å². The Morgan fingerprint density at radius 1 is 1.27 bits per heavy atom. The summed E-state index contributed by atoms with van der Waals surface area (Å²) < 4.78 is 0. The summed E-state index contributed by atoms with van der Waals surface area (Å²) in [5.41, 5.74) is 0. The number of nitriles is 1. The minimum Gasteiger partial charge on any atom is -0.312 e. The largest absolute Gasteiger partial charge is 0.312 e. The van der Waals surface area contributed by atoms with Crippen molar-refractivity contribution in [3.63, 3.8) is 0 Å². The first-order valence-electron chi connectivity index (χ1n) is 5.91. The van der Waals surface area contributed by atoms with Gasteiger partial charge in [-0.1, -0.05) is 19.3 Å². The molecule has 0 radical (unpaired) electrons. The molecule has 0 bridgehead atoms. The van der Waals surface area contributed by atoms with Gasteiger partial charge < -0.3 is 5.32 Å². The molecule has 2 heteroatoms. The van der Waals surface area contributed by atoms with Crippen molar-refractivity contribution in [1.29, 1.82) is 5.26 Å². The predicted molar refractivity (Wildman–Crippen MR) is 62.0 cm³/mol. The van der Waals surface area contributed by atoms with Gasteiger partial charge in [0.1, 0.15) is 0 Å². The van der Waals surface area contributed by atoms with Crippen molar-refractivity contribution in [2.24, 2.45) is 5.92 Å². The van der Waals surface area contributed by atoms with Crippen LogP contribution in [0, 0.1) is 29.1 Å². The number of rotatable bonds is 3. The Balaban J connectivity index is 2.34. The molecule has 2 nitrogen and oxygen atoms in total. The maximum absolute atomic E-state index is 9.07. The smallest absolute Gasteiger partial charge is 0.0672 e. The molecule has 1 aliphatic carbocycles. The standard InChI is InChI=1S/C13H20N2/c1-2-3-7-10-15-13-9-6-4-5-8-12(13)11-14/h12-13,15H,4-10H2,1H3. The minimum atomic E-state index is 0.210. The van der Waals surface area contributed by atoms with E-state index in [1.165, 1.54) is 19.3 Å². The Morgan fingerprint density at radius 2 is 2.07 bits per heavy atom. The average Bonchev–Trinajstić information content (AvgIpc) is 2.49. The van der Waals surface area contributed by atoms with Crippen LogP contribution in [-0.4, -0.2) is 12.6 Å². The molecule has 2 atom stereocenters. The molecule has 0 aromatic carbocycles. The highest BCUT2D eigenvalue weighted by molar-refractivity contribution is 4.97. The average molecular weight is 204 g/mol. The van der Waals surface area contributed by atoms with E-state index in [1.54, 1.807) is 0 Å². The molecule has 0 heterocycles. The van der Waals surface area contributed by atoms with Gasteiger partial charge >= 0.3 is 0 Å². The van der Waals surface area contributed by atoms with E-state index >= 15 is 0 Å². The van der Waals surface area contributed by atoms with E-state index in [0.29, 0.717) is 6.04 Å². The first kappa shape index (κ1) is 12.1. The lowest BCUT2D eigenvalue weighted by molar-refractivity contribution is 0.399. The van der Waals surface area contributed by atoms with Gasteiger partial charge in [0.25, 0.3) is 0 Å². The van der Waals surface area contributed by atoms with Crippen LogP contribution in [0.1, 0.15) is 45.4 Å². The van der Waals surface area contributed by atoms with Gasteiger partial charge in [0.15, 0.2) is 0 Å². The van der Waals surface area contributed by atoms with E-state index in [-0.39, 0.29) is 5.92 Å². The van der Waals surface area contributed by atoms with Crippen LogP contribution < -0.4 is 5.32 Å². The second-order valence-electron chi connectivity index (χ2n) is 4.11. The Kier molecular flexibility index (Phi) is 5.90. The summed E-state index contributed by atoms with van der Waals surface area (Å²) in [6.07, 6.45) is 6.86. The molecule has 0 aromatic heterocycles. The maximum atomic E-state index is 9.07. The van der Waals surface area contributed by atoms with Crippen molar-refractivity contribution >= 4 is 0 Å². The number of hydrogen-bond acceptors (Lipinski definition) is 2. The third-order valence-electron chi connectivity index (χ3n) is 3.02. The highest BCUT2D eigenvalue weighted by Gasteiger charge is 2.22. The summed E-state index contributed by atoms with van der Waals surface area (Å²) in [5, 5.41) is 12.5. The zero-order chi connectivity index (χ0) is 10.9. The monoisotopic (exact) mass is 204 g/mol. The van der Waals surface area contributed by atoms with E-state index in [2.05, 4.69) is 23.2 Å². The molecule has 0 aromatic rings. The van der Waals surface area contributed by atoms with Crippen LogP contribution in [0.3, 0.4) is 0 Å². The SMILES string of the molecule is CC#CCCNC1CCCCCC1C#N. The third kappa shape index (κ3) is 4.36. The fourth-order valence-corrected chi connectivity index (χ4v) is 2.15. The molecule has 2 unspecified atom stereocenters. The summed E-state index contributed by atoms with van der Waals surface area (Å²) in [5.74, 6) is 6.14. The molecule has 0 amide bonds. The molecule has 1 N–H and O–H groups in total. The van der Waals surface area contributed by atoms with Gasteiger partial charge in [-0.05, 0) is 19.8 Å². The van der Waals surface area contributed by atoms with Crippen molar-refractivity contribution in [1.82, 2.24) is 5.32 Å². The molecule has 1 fully saturated rings. The quantitative estimate of drug-likeness (QED) is 0.435. The molecule has 82 valence electrons. The first-order valence-corrected chi connectivity index (χ1v) is 5.91. The number of nitrogens with zero attached hydrogens (tertiary/aromatic N) is 1. The Hall–Kier alpha value is -0.990. The molecule has 15 heavy (non-hydrogen) atoms. The van der Waals surface area contributed by atoms with Gasteiger partial charge in [-0.25, -0.2) is 0 Å². The molecule has 1 saturated carbocycles. The van der Waals surface area contributed by atoms with Gasteiger partial charge in [-0.3, -0.25) is 0 Å². The second kappa shape index (κ2) is 7.32. The van der Waals surface area contributed by atoms with Gasteiger partial charge in [0, 0.05) is 19.0 Å². The number of hydrogen-bond donors (Lipinski definition) is 1. The van der Waals surface area contributed by atoms with Crippen molar-refractivity contribution in [3.05, 3.63) is 0 Å². The molecule has 0 saturated heterocycles. The lowest BCUT2D eigenvalue weighted by Crippen LogP contribution is -2.35. The minimum absolute atomic E-state index is 0.210.